The van der Waals surface area contributed by atoms with Gasteiger partial charge in [0, 0.05) is 12.1 Å². The predicted molar refractivity (Wildman–Crippen MR) is 121 cm³/mol. The molecule has 1 aromatic rings. The van der Waals surface area contributed by atoms with Crippen LogP contribution in [0.4, 0.5) is 0 Å². The highest BCUT2D eigenvalue weighted by Crippen LogP contribution is 2.23. The molecule has 2 amide bonds. The van der Waals surface area contributed by atoms with Crippen LogP contribution in [0.1, 0.15) is 72.9 Å². The zero-order chi connectivity index (χ0) is 22.4. The van der Waals surface area contributed by atoms with Crippen LogP contribution in [0.3, 0.4) is 0 Å². The molecule has 1 aromatic carbocycles. The van der Waals surface area contributed by atoms with Crippen LogP contribution in [0.5, 0.6) is 0 Å². The smallest absolute Gasteiger partial charge is 0.239 e. The first-order chi connectivity index (χ1) is 13.2. The van der Waals surface area contributed by atoms with Crippen molar-refractivity contribution < 1.29 is 9.59 Å². The maximum absolute atomic E-state index is 12.8. The highest BCUT2D eigenvalue weighted by molar-refractivity contribution is 5.87. The maximum atomic E-state index is 12.8. The summed E-state index contributed by atoms with van der Waals surface area (Å²) in [4.78, 5) is 26.9. The minimum Gasteiger partial charge on any atom is -0.350 e. The van der Waals surface area contributed by atoms with Crippen molar-refractivity contribution in [1.82, 2.24) is 15.5 Å². The summed E-state index contributed by atoms with van der Waals surface area (Å²) >= 11 is 0. The normalized spacial score (nSPS) is 13.5. The molecule has 0 heterocycles. The van der Waals surface area contributed by atoms with Gasteiger partial charge in [-0.3, -0.25) is 14.5 Å². The van der Waals surface area contributed by atoms with E-state index in [9.17, 15) is 9.59 Å². The first-order valence-electron chi connectivity index (χ1n) is 10.6. The summed E-state index contributed by atoms with van der Waals surface area (Å²) in [7, 11) is 1.97. The summed E-state index contributed by atoms with van der Waals surface area (Å²) in [6, 6.07) is 8.32. The monoisotopic (exact) mass is 403 g/mol. The van der Waals surface area contributed by atoms with Gasteiger partial charge in [0.1, 0.15) is 0 Å². The SMILES string of the molecule is CC(C)C[C@@H](C(=O)NCC(=O)NC(C)(C)C)N(C)Cc1ccc(C(C)(C)C)cc1. The number of benzene rings is 1. The number of carbonyl (C=O) groups is 2. The van der Waals surface area contributed by atoms with Gasteiger partial charge in [-0.15, -0.1) is 0 Å². The van der Waals surface area contributed by atoms with E-state index in [1.807, 2.05) is 27.8 Å². The highest BCUT2D eigenvalue weighted by atomic mass is 16.2. The molecule has 0 aromatic heterocycles. The Hall–Kier alpha value is -1.88. The summed E-state index contributed by atoms with van der Waals surface area (Å²) in [5.41, 5.74) is 2.28. The van der Waals surface area contributed by atoms with Crippen LogP contribution in [0, 0.1) is 5.92 Å². The minimum absolute atomic E-state index is 0.00117. The molecule has 0 saturated carbocycles. The second-order valence-electron chi connectivity index (χ2n) is 10.5. The number of amides is 2. The molecule has 5 heteroatoms. The fourth-order valence-electron chi connectivity index (χ4n) is 3.19. The van der Waals surface area contributed by atoms with Gasteiger partial charge in [-0.05, 0) is 56.7 Å². The van der Waals surface area contributed by atoms with Gasteiger partial charge in [0.15, 0.2) is 0 Å². The van der Waals surface area contributed by atoms with E-state index in [-0.39, 0.29) is 35.4 Å². The molecule has 5 nitrogen and oxygen atoms in total. The molecule has 0 aliphatic rings. The van der Waals surface area contributed by atoms with E-state index in [4.69, 9.17) is 0 Å². The van der Waals surface area contributed by atoms with Crippen molar-refractivity contribution in [3.63, 3.8) is 0 Å². The largest absolute Gasteiger partial charge is 0.350 e. The van der Waals surface area contributed by atoms with Crippen molar-refractivity contribution in [2.24, 2.45) is 5.92 Å². The third kappa shape index (κ3) is 9.44. The maximum Gasteiger partial charge on any atom is 0.239 e. The molecule has 1 atom stereocenters. The van der Waals surface area contributed by atoms with Crippen LogP contribution in [0.25, 0.3) is 0 Å². The molecule has 0 aliphatic heterocycles. The molecule has 1 rings (SSSR count). The number of likely N-dealkylation sites (N-methyl/N-ethyl adjacent to an activating group) is 1. The van der Waals surface area contributed by atoms with E-state index in [1.54, 1.807) is 0 Å². The van der Waals surface area contributed by atoms with E-state index in [0.29, 0.717) is 12.5 Å². The summed E-state index contributed by atoms with van der Waals surface area (Å²) < 4.78 is 0. The second kappa shape index (κ2) is 10.2. The average Bonchev–Trinajstić information content (AvgIpc) is 2.55. The van der Waals surface area contributed by atoms with Gasteiger partial charge in [-0.2, -0.15) is 0 Å². The third-order valence-electron chi connectivity index (χ3n) is 4.72. The van der Waals surface area contributed by atoms with E-state index in [2.05, 4.69) is 74.4 Å². The number of nitrogens with one attached hydrogen (secondary N) is 2. The zero-order valence-corrected chi connectivity index (χ0v) is 19.8. The van der Waals surface area contributed by atoms with Crippen molar-refractivity contribution in [2.45, 2.75) is 85.4 Å². The van der Waals surface area contributed by atoms with Crippen molar-refractivity contribution in [3.05, 3.63) is 35.4 Å². The van der Waals surface area contributed by atoms with Crippen molar-refractivity contribution in [2.75, 3.05) is 13.6 Å². The number of hydrogen-bond acceptors (Lipinski definition) is 3. The highest BCUT2D eigenvalue weighted by Gasteiger charge is 2.25. The Labute approximate surface area is 177 Å². The van der Waals surface area contributed by atoms with E-state index in [1.165, 1.54) is 11.1 Å². The van der Waals surface area contributed by atoms with Gasteiger partial charge in [-0.25, -0.2) is 0 Å². The van der Waals surface area contributed by atoms with Gasteiger partial charge in [0.05, 0.1) is 12.6 Å². The van der Waals surface area contributed by atoms with Crippen LogP contribution in [0.15, 0.2) is 24.3 Å². The summed E-state index contributed by atoms with van der Waals surface area (Å²) in [6.45, 7) is 17.3. The molecule has 164 valence electrons. The molecular weight excluding hydrogens is 362 g/mol. The van der Waals surface area contributed by atoms with Crippen LogP contribution in [-0.4, -0.2) is 41.9 Å². The van der Waals surface area contributed by atoms with Crippen LogP contribution in [0.2, 0.25) is 0 Å². The van der Waals surface area contributed by atoms with E-state index >= 15 is 0 Å². The van der Waals surface area contributed by atoms with Gasteiger partial charge in [0.2, 0.25) is 11.8 Å². The number of rotatable bonds is 8. The van der Waals surface area contributed by atoms with Crippen LogP contribution in [-0.2, 0) is 21.5 Å². The fraction of sp³-hybridized carbons (Fsp3) is 0.667. The molecular formula is C24H41N3O2. The van der Waals surface area contributed by atoms with Gasteiger partial charge in [0.25, 0.3) is 0 Å². The van der Waals surface area contributed by atoms with E-state index < -0.39 is 0 Å². The standard InChI is InChI=1S/C24H41N3O2/c1-17(2)14-20(22(29)25-15-21(28)26-24(6,7)8)27(9)16-18-10-12-19(13-11-18)23(3,4)5/h10-13,17,20H,14-16H2,1-9H3,(H,25,29)(H,26,28)/t20-/m0/s1. The Bertz CT molecular complexity index is 667. The topological polar surface area (TPSA) is 61.4 Å². The lowest BCUT2D eigenvalue weighted by molar-refractivity contribution is -0.130. The average molecular weight is 404 g/mol. The molecule has 0 unspecified atom stereocenters. The Morgan fingerprint density at radius 3 is 2.00 bits per heavy atom. The Balaban J connectivity index is 2.78. The Morgan fingerprint density at radius 1 is 1.00 bits per heavy atom. The fourth-order valence-corrected chi connectivity index (χ4v) is 3.19. The molecule has 29 heavy (non-hydrogen) atoms. The zero-order valence-electron chi connectivity index (χ0n) is 19.8. The van der Waals surface area contributed by atoms with Crippen molar-refractivity contribution in [3.8, 4) is 0 Å². The molecule has 0 radical (unpaired) electrons. The molecule has 0 fully saturated rings. The summed E-state index contributed by atoms with van der Waals surface area (Å²) in [5.74, 6) is 0.103. The van der Waals surface area contributed by atoms with Crippen LogP contribution >= 0.6 is 0 Å². The quantitative estimate of drug-likeness (QED) is 0.693. The van der Waals surface area contributed by atoms with E-state index in [0.717, 1.165) is 6.42 Å². The first kappa shape index (κ1) is 25.2. The molecule has 0 spiro atoms. The Kier molecular flexibility index (Phi) is 8.88. The molecule has 0 bridgehead atoms. The van der Waals surface area contributed by atoms with Crippen LogP contribution < -0.4 is 10.6 Å². The Morgan fingerprint density at radius 2 is 1.55 bits per heavy atom. The van der Waals surface area contributed by atoms with Gasteiger partial charge < -0.3 is 10.6 Å². The lowest BCUT2D eigenvalue weighted by Gasteiger charge is -2.29. The predicted octanol–water partition coefficient (Wildman–Crippen LogP) is 3.86. The molecule has 0 saturated heterocycles. The third-order valence-corrected chi connectivity index (χ3v) is 4.72. The van der Waals surface area contributed by atoms with Crippen molar-refractivity contribution >= 4 is 11.8 Å². The number of nitrogens with zero attached hydrogens (tertiary/aromatic N) is 1. The molecule has 0 aliphatic carbocycles. The summed E-state index contributed by atoms with van der Waals surface area (Å²) in [5, 5.41) is 5.69. The lowest BCUT2D eigenvalue weighted by atomic mass is 9.86. The lowest BCUT2D eigenvalue weighted by Crippen LogP contribution is -2.50. The number of hydrogen-bond donors (Lipinski definition) is 2. The molecule has 2 N–H and O–H groups in total. The van der Waals surface area contributed by atoms with Gasteiger partial charge in [-0.1, -0.05) is 58.9 Å². The van der Waals surface area contributed by atoms with Gasteiger partial charge >= 0.3 is 0 Å². The minimum atomic E-state index is -0.310. The second-order valence-corrected chi connectivity index (χ2v) is 10.5. The first-order valence-corrected chi connectivity index (χ1v) is 10.6. The summed E-state index contributed by atoms with van der Waals surface area (Å²) in [6.07, 6.45) is 0.739. The number of carbonyl (C=O) groups excluding carboxylic acids is 2. The van der Waals surface area contributed by atoms with Crippen molar-refractivity contribution in [1.29, 1.82) is 0 Å².